The van der Waals surface area contributed by atoms with Gasteiger partial charge in [-0.25, -0.2) is 9.97 Å². The molecule has 100 valence electrons. The Bertz CT molecular complexity index is 453. The summed E-state index contributed by atoms with van der Waals surface area (Å²) in [4.78, 5) is 10.1. The summed E-state index contributed by atoms with van der Waals surface area (Å²) in [6, 6.07) is 1.62. The summed E-state index contributed by atoms with van der Waals surface area (Å²) in [5.41, 5.74) is 5.69. The molecule has 0 amide bonds. The fraction of sp³-hybridized carbons (Fsp3) is 0.545. The van der Waals surface area contributed by atoms with Crippen molar-refractivity contribution in [2.45, 2.75) is 26.4 Å². The SMILES string of the molecule is Cc1cc(/C(N)=N/O)nc(N(C)CC(C)(C)O)n1. The third kappa shape index (κ3) is 3.85. The second-order valence-electron chi connectivity index (χ2n) is 4.85. The predicted molar refractivity (Wildman–Crippen MR) is 68.8 cm³/mol. The van der Waals surface area contributed by atoms with E-state index in [0.29, 0.717) is 23.9 Å². The molecule has 1 aromatic rings. The Kier molecular flexibility index (Phi) is 4.07. The number of hydrogen-bond donors (Lipinski definition) is 3. The minimum atomic E-state index is -0.862. The number of amidine groups is 1. The smallest absolute Gasteiger partial charge is 0.226 e. The highest BCUT2D eigenvalue weighted by Crippen LogP contribution is 2.12. The highest BCUT2D eigenvalue weighted by atomic mass is 16.4. The Morgan fingerprint density at radius 1 is 1.50 bits per heavy atom. The molecule has 1 heterocycles. The highest BCUT2D eigenvalue weighted by molar-refractivity contribution is 5.95. The summed E-state index contributed by atoms with van der Waals surface area (Å²) in [6.07, 6.45) is 0. The fourth-order valence-corrected chi connectivity index (χ4v) is 1.56. The molecule has 0 saturated heterocycles. The number of nitrogens with zero attached hydrogens (tertiary/aromatic N) is 4. The molecule has 0 atom stereocenters. The second-order valence-corrected chi connectivity index (χ2v) is 4.85. The quantitative estimate of drug-likeness (QED) is 0.304. The van der Waals surface area contributed by atoms with Gasteiger partial charge < -0.3 is 20.9 Å². The zero-order valence-electron chi connectivity index (χ0n) is 11.0. The summed E-state index contributed by atoms with van der Waals surface area (Å²) in [7, 11) is 1.77. The topological polar surface area (TPSA) is 108 Å². The van der Waals surface area contributed by atoms with E-state index in [0.717, 1.165) is 0 Å². The van der Waals surface area contributed by atoms with Crippen molar-refractivity contribution in [1.29, 1.82) is 0 Å². The lowest BCUT2D eigenvalue weighted by Gasteiger charge is -2.25. The van der Waals surface area contributed by atoms with Crippen molar-refractivity contribution in [3.05, 3.63) is 17.5 Å². The first kappa shape index (κ1) is 14.2. The predicted octanol–water partition coefficient (Wildman–Crippen LogP) is 0.0866. The van der Waals surface area contributed by atoms with Crippen LogP contribution in [0.4, 0.5) is 5.95 Å². The summed E-state index contributed by atoms with van der Waals surface area (Å²) in [5, 5.41) is 21.3. The average Bonchev–Trinajstić information content (AvgIpc) is 2.24. The van der Waals surface area contributed by atoms with Gasteiger partial charge in [-0.05, 0) is 26.8 Å². The number of hydrogen-bond acceptors (Lipinski definition) is 6. The van der Waals surface area contributed by atoms with Crippen LogP contribution in [-0.4, -0.2) is 45.3 Å². The molecule has 4 N–H and O–H groups in total. The molecule has 0 aliphatic rings. The Labute approximate surface area is 106 Å². The molecule has 0 aliphatic carbocycles. The average molecular weight is 253 g/mol. The summed E-state index contributed by atoms with van der Waals surface area (Å²) >= 11 is 0. The normalized spacial score (nSPS) is 12.6. The lowest BCUT2D eigenvalue weighted by molar-refractivity contribution is 0.0882. The first-order chi connectivity index (χ1) is 8.23. The van der Waals surface area contributed by atoms with Crippen molar-refractivity contribution in [2.24, 2.45) is 10.9 Å². The molecule has 0 fully saturated rings. The number of rotatable bonds is 4. The zero-order valence-corrected chi connectivity index (χ0v) is 11.0. The summed E-state index contributed by atoms with van der Waals surface area (Å²) in [6.45, 7) is 5.55. The fourth-order valence-electron chi connectivity index (χ4n) is 1.56. The monoisotopic (exact) mass is 253 g/mol. The van der Waals surface area contributed by atoms with E-state index < -0.39 is 5.60 Å². The minimum absolute atomic E-state index is 0.0709. The number of aromatic nitrogens is 2. The molecule has 1 rings (SSSR count). The van der Waals surface area contributed by atoms with Crippen LogP contribution in [0.3, 0.4) is 0 Å². The van der Waals surface area contributed by atoms with Crippen LogP contribution in [0.25, 0.3) is 0 Å². The van der Waals surface area contributed by atoms with Gasteiger partial charge in [-0.1, -0.05) is 5.16 Å². The molecule has 0 bridgehead atoms. The van der Waals surface area contributed by atoms with Crippen molar-refractivity contribution in [3.63, 3.8) is 0 Å². The number of oxime groups is 1. The third-order valence-electron chi connectivity index (χ3n) is 2.18. The summed E-state index contributed by atoms with van der Waals surface area (Å²) in [5.74, 6) is 0.345. The molecule has 0 aromatic carbocycles. The Balaban J connectivity index is 3.06. The number of aliphatic hydroxyl groups is 1. The lowest BCUT2D eigenvalue weighted by Crippen LogP contribution is -2.37. The largest absolute Gasteiger partial charge is 0.409 e. The molecule has 18 heavy (non-hydrogen) atoms. The van der Waals surface area contributed by atoms with Gasteiger partial charge >= 0.3 is 0 Å². The van der Waals surface area contributed by atoms with E-state index in [1.54, 1.807) is 38.8 Å². The molecular formula is C11H19N5O2. The molecule has 0 radical (unpaired) electrons. The highest BCUT2D eigenvalue weighted by Gasteiger charge is 2.18. The van der Waals surface area contributed by atoms with Crippen molar-refractivity contribution >= 4 is 11.8 Å². The van der Waals surface area contributed by atoms with Gasteiger partial charge in [-0.15, -0.1) is 0 Å². The lowest BCUT2D eigenvalue weighted by atomic mass is 10.1. The first-order valence-electron chi connectivity index (χ1n) is 5.50. The number of anilines is 1. The van der Waals surface area contributed by atoms with Gasteiger partial charge in [-0.3, -0.25) is 0 Å². The van der Waals surface area contributed by atoms with Crippen LogP contribution in [0.1, 0.15) is 25.2 Å². The number of nitrogens with two attached hydrogens (primary N) is 1. The zero-order chi connectivity index (χ0) is 13.9. The van der Waals surface area contributed by atoms with Crippen molar-refractivity contribution in [2.75, 3.05) is 18.5 Å². The molecule has 7 nitrogen and oxygen atoms in total. The minimum Gasteiger partial charge on any atom is -0.409 e. The Hall–Kier alpha value is -1.89. The number of aryl methyl sites for hydroxylation is 1. The standard InChI is InChI=1S/C11H19N5O2/c1-7-5-8(9(12)15-18)14-10(13-7)16(4)6-11(2,3)17/h5,17-18H,6H2,1-4H3,(H2,12,15). The van der Waals surface area contributed by atoms with E-state index in [1.807, 2.05) is 0 Å². The van der Waals surface area contributed by atoms with Crippen LogP contribution in [0.15, 0.2) is 11.2 Å². The van der Waals surface area contributed by atoms with Crippen molar-refractivity contribution < 1.29 is 10.3 Å². The Morgan fingerprint density at radius 3 is 2.61 bits per heavy atom. The summed E-state index contributed by atoms with van der Waals surface area (Å²) < 4.78 is 0. The van der Waals surface area contributed by atoms with Crippen LogP contribution < -0.4 is 10.6 Å². The van der Waals surface area contributed by atoms with E-state index in [9.17, 15) is 5.11 Å². The van der Waals surface area contributed by atoms with Gasteiger partial charge in [0.05, 0.1) is 5.60 Å². The van der Waals surface area contributed by atoms with Crippen LogP contribution in [0.5, 0.6) is 0 Å². The van der Waals surface area contributed by atoms with Crippen LogP contribution >= 0.6 is 0 Å². The van der Waals surface area contributed by atoms with Gasteiger partial charge in [0.25, 0.3) is 0 Å². The molecule has 1 aromatic heterocycles. The maximum Gasteiger partial charge on any atom is 0.226 e. The molecule has 0 saturated carbocycles. The van der Waals surface area contributed by atoms with E-state index in [-0.39, 0.29) is 5.84 Å². The van der Waals surface area contributed by atoms with E-state index in [4.69, 9.17) is 10.9 Å². The first-order valence-corrected chi connectivity index (χ1v) is 5.50. The molecule has 0 spiro atoms. The van der Waals surface area contributed by atoms with Crippen LogP contribution in [0, 0.1) is 6.92 Å². The van der Waals surface area contributed by atoms with Crippen molar-refractivity contribution in [3.8, 4) is 0 Å². The maximum atomic E-state index is 9.76. The van der Waals surface area contributed by atoms with E-state index in [1.165, 1.54) is 0 Å². The van der Waals surface area contributed by atoms with Gasteiger partial charge in [0.1, 0.15) is 5.69 Å². The van der Waals surface area contributed by atoms with Gasteiger partial charge in [0, 0.05) is 19.3 Å². The van der Waals surface area contributed by atoms with E-state index in [2.05, 4.69) is 15.1 Å². The van der Waals surface area contributed by atoms with Gasteiger partial charge in [0.15, 0.2) is 5.84 Å². The molecule has 0 aliphatic heterocycles. The third-order valence-corrected chi connectivity index (χ3v) is 2.18. The number of likely N-dealkylation sites (N-methyl/N-ethyl adjacent to an activating group) is 1. The van der Waals surface area contributed by atoms with Gasteiger partial charge in [0.2, 0.25) is 5.95 Å². The Morgan fingerprint density at radius 2 is 2.11 bits per heavy atom. The van der Waals surface area contributed by atoms with E-state index >= 15 is 0 Å². The van der Waals surface area contributed by atoms with Crippen LogP contribution in [-0.2, 0) is 0 Å². The molecular weight excluding hydrogens is 234 g/mol. The van der Waals surface area contributed by atoms with Crippen LogP contribution in [0.2, 0.25) is 0 Å². The maximum absolute atomic E-state index is 9.76. The van der Waals surface area contributed by atoms with Gasteiger partial charge in [-0.2, -0.15) is 0 Å². The molecule has 7 heteroatoms. The van der Waals surface area contributed by atoms with Crippen molar-refractivity contribution in [1.82, 2.24) is 9.97 Å². The second kappa shape index (κ2) is 5.18. The molecule has 0 unspecified atom stereocenters.